The van der Waals surface area contributed by atoms with Crippen LogP contribution in [0.4, 0.5) is 5.69 Å². The molecule has 0 aromatic heterocycles. The summed E-state index contributed by atoms with van der Waals surface area (Å²) >= 11 is 0. The van der Waals surface area contributed by atoms with Crippen molar-refractivity contribution in [2.75, 3.05) is 12.4 Å². The first-order chi connectivity index (χ1) is 13.6. The average Bonchev–Trinajstić information content (AvgIpc) is 2.73. The fraction of sp³-hybridized carbons (Fsp3) is 0.0909. The third-order valence-corrected chi connectivity index (χ3v) is 4.11. The van der Waals surface area contributed by atoms with Gasteiger partial charge < -0.3 is 19.9 Å². The first-order valence-corrected chi connectivity index (χ1v) is 8.56. The zero-order valence-corrected chi connectivity index (χ0v) is 15.2. The molecule has 0 heterocycles. The van der Waals surface area contributed by atoms with Crippen LogP contribution < -0.4 is 14.8 Å². The standard InChI is InChI=1S/C22H19NO5/c1-27-18-12-8-17(9-13-18)23-21(24)15-6-10-19(11-7-15)28-14-16-4-2-3-5-20(16)22(25)26/h2-13H,14H2,1H3,(H,23,24)(H,25,26). The summed E-state index contributed by atoms with van der Waals surface area (Å²) in [5.41, 5.74) is 1.93. The van der Waals surface area contributed by atoms with Crippen molar-refractivity contribution < 1.29 is 24.2 Å². The number of rotatable bonds is 7. The van der Waals surface area contributed by atoms with E-state index in [1.165, 1.54) is 6.07 Å². The summed E-state index contributed by atoms with van der Waals surface area (Å²) in [6.07, 6.45) is 0. The first-order valence-electron chi connectivity index (χ1n) is 8.56. The number of amides is 1. The predicted octanol–water partition coefficient (Wildman–Crippen LogP) is 4.22. The molecule has 28 heavy (non-hydrogen) atoms. The van der Waals surface area contributed by atoms with Crippen LogP contribution in [0, 0.1) is 0 Å². The molecule has 3 rings (SSSR count). The molecule has 0 unspecified atom stereocenters. The molecule has 142 valence electrons. The second-order valence-corrected chi connectivity index (χ2v) is 5.96. The van der Waals surface area contributed by atoms with Crippen molar-refractivity contribution in [1.29, 1.82) is 0 Å². The molecule has 3 aromatic rings. The van der Waals surface area contributed by atoms with Crippen molar-refractivity contribution in [3.63, 3.8) is 0 Å². The Hall–Kier alpha value is -3.80. The topological polar surface area (TPSA) is 84.9 Å². The molecule has 1 amide bonds. The summed E-state index contributed by atoms with van der Waals surface area (Å²) in [6, 6.07) is 20.4. The minimum atomic E-state index is -0.996. The molecule has 6 heteroatoms. The van der Waals surface area contributed by atoms with Gasteiger partial charge in [0, 0.05) is 16.8 Å². The first kappa shape index (κ1) is 19.0. The van der Waals surface area contributed by atoms with Crippen LogP contribution in [-0.4, -0.2) is 24.1 Å². The molecule has 0 aliphatic heterocycles. The Bertz CT molecular complexity index is 965. The van der Waals surface area contributed by atoms with Gasteiger partial charge in [0.25, 0.3) is 5.91 Å². The summed E-state index contributed by atoms with van der Waals surface area (Å²) in [6.45, 7) is 0.125. The second-order valence-electron chi connectivity index (χ2n) is 5.96. The Morgan fingerprint density at radius 3 is 2.18 bits per heavy atom. The summed E-state index contributed by atoms with van der Waals surface area (Å²) in [5, 5.41) is 12.0. The van der Waals surface area contributed by atoms with Crippen molar-refractivity contribution in [3.05, 3.63) is 89.5 Å². The van der Waals surface area contributed by atoms with Crippen molar-refractivity contribution >= 4 is 17.6 Å². The quantitative estimate of drug-likeness (QED) is 0.644. The predicted molar refractivity (Wildman–Crippen MR) is 105 cm³/mol. The van der Waals surface area contributed by atoms with Crippen LogP contribution in [0.1, 0.15) is 26.3 Å². The molecule has 0 bridgehead atoms. The van der Waals surface area contributed by atoms with E-state index >= 15 is 0 Å². The maximum Gasteiger partial charge on any atom is 0.336 e. The number of aromatic carboxylic acids is 1. The molecule has 0 radical (unpaired) electrons. The van der Waals surface area contributed by atoms with Crippen molar-refractivity contribution in [2.24, 2.45) is 0 Å². The molecular formula is C22H19NO5. The molecule has 0 saturated heterocycles. The Morgan fingerprint density at radius 1 is 0.893 bits per heavy atom. The Balaban J connectivity index is 1.61. The number of carboxylic acid groups (broad SMARTS) is 1. The second kappa shape index (κ2) is 8.73. The molecule has 6 nitrogen and oxygen atoms in total. The molecule has 0 saturated carbocycles. The molecule has 0 aliphatic rings. The van der Waals surface area contributed by atoms with Gasteiger partial charge in [-0.1, -0.05) is 18.2 Å². The number of carbonyl (C=O) groups is 2. The van der Waals surface area contributed by atoms with Crippen molar-refractivity contribution in [3.8, 4) is 11.5 Å². The van der Waals surface area contributed by atoms with Crippen molar-refractivity contribution in [2.45, 2.75) is 6.61 Å². The van der Waals surface area contributed by atoms with Gasteiger partial charge in [-0.3, -0.25) is 4.79 Å². The number of anilines is 1. The van der Waals surface area contributed by atoms with Gasteiger partial charge >= 0.3 is 5.97 Å². The van der Waals surface area contributed by atoms with Gasteiger partial charge in [0.05, 0.1) is 12.7 Å². The van der Waals surface area contributed by atoms with E-state index in [1.807, 2.05) is 0 Å². The monoisotopic (exact) mass is 377 g/mol. The molecule has 3 aromatic carbocycles. The van der Waals surface area contributed by atoms with E-state index in [-0.39, 0.29) is 18.1 Å². The zero-order chi connectivity index (χ0) is 19.9. The number of carboxylic acids is 1. The lowest BCUT2D eigenvalue weighted by molar-refractivity contribution is 0.0693. The number of ether oxygens (including phenoxy) is 2. The Morgan fingerprint density at radius 2 is 1.54 bits per heavy atom. The van der Waals surface area contributed by atoms with E-state index in [4.69, 9.17) is 9.47 Å². The molecule has 0 atom stereocenters. The van der Waals surface area contributed by atoms with Gasteiger partial charge in [0.1, 0.15) is 18.1 Å². The fourth-order valence-corrected chi connectivity index (χ4v) is 2.60. The third-order valence-electron chi connectivity index (χ3n) is 4.11. The van der Waals surface area contributed by atoms with Crippen LogP contribution in [0.15, 0.2) is 72.8 Å². The normalized spacial score (nSPS) is 10.2. The van der Waals surface area contributed by atoms with E-state index in [9.17, 15) is 14.7 Å². The maximum absolute atomic E-state index is 12.3. The Labute approximate surface area is 162 Å². The summed E-state index contributed by atoms with van der Waals surface area (Å²) in [7, 11) is 1.58. The van der Waals surface area contributed by atoms with Crippen LogP contribution >= 0.6 is 0 Å². The van der Waals surface area contributed by atoms with E-state index in [0.717, 1.165) is 0 Å². The molecule has 0 aliphatic carbocycles. The molecular weight excluding hydrogens is 358 g/mol. The molecule has 0 fully saturated rings. The number of methoxy groups -OCH3 is 1. The number of carbonyl (C=O) groups excluding carboxylic acids is 1. The van der Waals surface area contributed by atoms with Gasteiger partial charge in [-0.05, 0) is 54.6 Å². The van der Waals surface area contributed by atoms with Crippen LogP contribution in [0.3, 0.4) is 0 Å². The number of hydrogen-bond acceptors (Lipinski definition) is 4. The maximum atomic E-state index is 12.3. The van der Waals surface area contributed by atoms with Crippen LogP contribution in [0.5, 0.6) is 11.5 Å². The van der Waals surface area contributed by atoms with Gasteiger partial charge in [-0.15, -0.1) is 0 Å². The minimum Gasteiger partial charge on any atom is -0.497 e. The molecule has 0 spiro atoms. The highest BCUT2D eigenvalue weighted by Gasteiger charge is 2.10. The van der Waals surface area contributed by atoms with Crippen LogP contribution in [0.25, 0.3) is 0 Å². The highest BCUT2D eigenvalue weighted by atomic mass is 16.5. The van der Waals surface area contributed by atoms with E-state index < -0.39 is 5.97 Å². The lowest BCUT2D eigenvalue weighted by Gasteiger charge is -2.10. The largest absolute Gasteiger partial charge is 0.497 e. The van der Waals surface area contributed by atoms with E-state index in [1.54, 1.807) is 73.8 Å². The summed E-state index contributed by atoms with van der Waals surface area (Å²) < 4.78 is 10.7. The highest BCUT2D eigenvalue weighted by molar-refractivity contribution is 6.04. The number of hydrogen-bond donors (Lipinski definition) is 2. The van der Waals surface area contributed by atoms with E-state index in [2.05, 4.69) is 5.32 Å². The lowest BCUT2D eigenvalue weighted by Crippen LogP contribution is -2.11. The minimum absolute atomic E-state index is 0.125. The van der Waals surface area contributed by atoms with Gasteiger partial charge in [0.2, 0.25) is 0 Å². The van der Waals surface area contributed by atoms with Gasteiger partial charge in [0.15, 0.2) is 0 Å². The van der Waals surface area contributed by atoms with Crippen molar-refractivity contribution in [1.82, 2.24) is 0 Å². The van der Waals surface area contributed by atoms with Gasteiger partial charge in [-0.2, -0.15) is 0 Å². The smallest absolute Gasteiger partial charge is 0.336 e. The van der Waals surface area contributed by atoms with E-state index in [0.29, 0.717) is 28.3 Å². The number of benzene rings is 3. The van der Waals surface area contributed by atoms with Crippen LogP contribution in [0.2, 0.25) is 0 Å². The average molecular weight is 377 g/mol. The SMILES string of the molecule is COc1ccc(NC(=O)c2ccc(OCc3ccccc3C(=O)O)cc2)cc1. The lowest BCUT2D eigenvalue weighted by atomic mass is 10.1. The van der Waals surface area contributed by atoms with Crippen LogP contribution in [-0.2, 0) is 6.61 Å². The third kappa shape index (κ3) is 4.67. The van der Waals surface area contributed by atoms with Gasteiger partial charge in [-0.25, -0.2) is 4.79 Å². The number of nitrogens with one attached hydrogen (secondary N) is 1. The summed E-state index contributed by atoms with van der Waals surface area (Å²) in [4.78, 5) is 23.6. The fourth-order valence-electron chi connectivity index (χ4n) is 2.60. The molecule has 2 N–H and O–H groups in total. The summed E-state index contributed by atoms with van der Waals surface area (Å²) in [5.74, 6) is 0.0165. The zero-order valence-electron chi connectivity index (χ0n) is 15.2. The Kier molecular flexibility index (Phi) is 5.91. The highest BCUT2D eigenvalue weighted by Crippen LogP contribution is 2.19.